The Morgan fingerprint density at radius 3 is 2.72 bits per heavy atom. The first-order valence-corrected chi connectivity index (χ1v) is 8.67. The van der Waals surface area contributed by atoms with E-state index >= 15 is 0 Å². The van der Waals surface area contributed by atoms with Crippen LogP contribution >= 0.6 is 0 Å². The van der Waals surface area contributed by atoms with Gasteiger partial charge in [0.2, 0.25) is 0 Å². The van der Waals surface area contributed by atoms with Gasteiger partial charge in [0.05, 0.1) is 12.3 Å². The van der Waals surface area contributed by atoms with Crippen LogP contribution in [0.2, 0.25) is 0 Å². The van der Waals surface area contributed by atoms with E-state index in [-0.39, 0.29) is 12.2 Å². The fraction of sp³-hybridized carbons (Fsp3) is 0.300. The van der Waals surface area contributed by atoms with Gasteiger partial charge >= 0.3 is 0 Å². The standard InChI is InChI=1S/C20H21N3O2/c24-14-19-8-11-22(19)10-7-15-3-4-17-13-18(6-5-16(17)12-15)23-20(25)2-1-9-21-23/h1-6,9,12-13,19,24H,7-8,10-11,14H2/t19-/m0/s1. The highest BCUT2D eigenvalue weighted by Crippen LogP contribution is 2.21. The molecule has 0 unspecified atom stereocenters. The lowest BCUT2D eigenvalue weighted by atomic mass is 10.0. The molecule has 1 aromatic heterocycles. The second-order valence-electron chi connectivity index (χ2n) is 6.55. The molecule has 3 aromatic rings. The molecule has 0 amide bonds. The zero-order valence-corrected chi connectivity index (χ0v) is 14.0. The van der Waals surface area contributed by atoms with Gasteiger partial charge < -0.3 is 5.11 Å². The summed E-state index contributed by atoms with van der Waals surface area (Å²) in [5.41, 5.74) is 1.93. The molecule has 0 aliphatic carbocycles. The van der Waals surface area contributed by atoms with Crippen LogP contribution in [0, 0.1) is 0 Å². The van der Waals surface area contributed by atoms with Gasteiger partial charge in [0.15, 0.2) is 0 Å². The molecule has 1 N–H and O–H groups in total. The number of benzene rings is 2. The third kappa shape index (κ3) is 3.21. The molecular formula is C20H21N3O2. The van der Waals surface area contributed by atoms with Gasteiger partial charge in [-0.3, -0.25) is 9.69 Å². The Labute approximate surface area is 146 Å². The SMILES string of the molecule is O=c1cccnn1-c1ccc2cc(CCN3CC[C@H]3CO)ccc2c1. The summed E-state index contributed by atoms with van der Waals surface area (Å²) >= 11 is 0. The summed E-state index contributed by atoms with van der Waals surface area (Å²) in [6.07, 6.45) is 3.70. The molecule has 0 bridgehead atoms. The van der Waals surface area contributed by atoms with Gasteiger partial charge in [0.1, 0.15) is 0 Å². The van der Waals surface area contributed by atoms with Crippen LogP contribution in [0.1, 0.15) is 12.0 Å². The summed E-state index contributed by atoms with van der Waals surface area (Å²) in [6.45, 7) is 2.33. The minimum absolute atomic E-state index is 0.133. The Morgan fingerprint density at radius 2 is 1.96 bits per heavy atom. The number of fused-ring (bicyclic) bond motifs is 1. The second-order valence-corrected chi connectivity index (χ2v) is 6.55. The number of rotatable bonds is 5. The van der Waals surface area contributed by atoms with Crippen LogP contribution in [-0.4, -0.2) is 45.5 Å². The number of nitrogens with zero attached hydrogens (tertiary/aromatic N) is 3. The van der Waals surface area contributed by atoms with Crippen LogP contribution in [0.15, 0.2) is 59.5 Å². The van der Waals surface area contributed by atoms with E-state index in [1.54, 1.807) is 12.3 Å². The van der Waals surface area contributed by atoms with E-state index in [4.69, 9.17) is 0 Å². The van der Waals surface area contributed by atoms with Crippen molar-refractivity contribution in [2.75, 3.05) is 19.7 Å². The molecule has 2 heterocycles. The quantitative estimate of drug-likeness (QED) is 0.775. The Bertz CT molecular complexity index is 949. The van der Waals surface area contributed by atoms with Gasteiger partial charge in [-0.2, -0.15) is 9.78 Å². The summed E-state index contributed by atoms with van der Waals surface area (Å²) < 4.78 is 1.41. The van der Waals surface area contributed by atoms with Crippen molar-refractivity contribution in [3.8, 4) is 5.69 Å². The summed E-state index contributed by atoms with van der Waals surface area (Å²) in [5.74, 6) is 0. The zero-order valence-electron chi connectivity index (χ0n) is 14.0. The molecule has 0 radical (unpaired) electrons. The largest absolute Gasteiger partial charge is 0.395 e. The van der Waals surface area contributed by atoms with Crippen molar-refractivity contribution in [2.24, 2.45) is 0 Å². The van der Waals surface area contributed by atoms with E-state index < -0.39 is 0 Å². The predicted octanol–water partition coefficient (Wildman–Crippen LogP) is 1.99. The average molecular weight is 335 g/mol. The van der Waals surface area contributed by atoms with E-state index in [1.807, 2.05) is 18.2 Å². The molecule has 1 fully saturated rings. The molecule has 0 saturated carbocycles. The first-order valence-electron chi connectivity index (χ1n) is 8.67. The molecule has 1 aliphatic rings. The molecule has 5 nitrogen and oxygen atoms in total. The first kappa shape index (κ1) is 16.0. The maximum Gasteiger partial charge on any atom is 0.271 e. The molecule has 4 rings (SSSR count). The third-order valence-corrected chi connectivity index (χ3v) is 5.01. The summed E-state index contributed by atoms with van der Waals surface area (Å²) in [4.78, 5) is 14.3. The summed E-state index contributed by atoms with van der Waals surface area (Å²) in [6, 6.07) is 15.9. The monoisotopic (exact) mass is 335 g/mol. The van der Waals surface area contributed by atoms with Gasteiger partial charge in [-0.25, -0.2) is 0 Å². The lowest BCUT2D eigenvalue weighted by Crippen LogP contribution is -2.50. The zero-order chi connectivity index (χ0) is 17.2. The number of likely N-dealkylation sites (tertiary alicyclic amines) is 1. The molecule has 0 spiro atoms. The van der Waals surface area contributed by atoms with Gasteiger partial charge in [-0.1, -0.05) is 24.3 Å². The van der Waals surface area contributed by atoms with Crippen LogP contribution in [0.5, 0.6) is 0 Å². The number of aliphatic hydroxyl groups excluding tert-OH is 1. The van der Waals surface area contributed by atoms with Crippen molar-refractivity contribution < 1.29 is 5.11 Å². The van der Waals surface area contributed by atoms with Crippen LogP contribution in [0.3, 0.4) is 0 Å². The van der Waals surface area contributed by atoms with Crippen LogP contribution in [0.25, 0.3) is 16.5 Å². The molecule has 1 saturated heterocycles. The average Bonchev–Trinajstić information content (AvgIpc) is 2.61. The minimum Gasteiger partial charge on any atom is -0.395 e. The van der Waals surface area contributed by atoms with Gasteiger partial charge in [-0.05, 0) is 47.4 Å². The summed E-state index contributed by atoms with van der Waals surface area (Å²) in [7, 11) is 0. The van der Waals surface area contributed by atoms with Crippen molar-refractivity contribution in [2.45, 2.75) is 18.9 Å². The maximum absolute atomic E-state index is 11.9. The van der Waals surface area contributed by atoms with Crippen molar-refractivity contribution in [1.82, 2.24) is 14.7 Å². The van der Waals surface area contributed by atoms with Gasteiger partial charge in [0, 0.05) is 31.4 Å². The fourth-order valence-electron chi connectivity index (χ4n) is 3.39. The Morgan fingerprint density at radius 1 is 1.12 bits per heavy atom. The lowest BCUT2D eigenvalue weighted by Gasteiger charge is -2.39. The number of hydrogen-bond acceptors (Lipinski definition) is 4. The van der Waals surface area contributed by atoms with Crippen molar-refractivity contribution in [1.29, 1.82) is 0 Å². The van der Waals surface area contributed by atoms with Crippen LogP contribution < -0.4 is 5.56 Å². The highest BCUT2D eigenvalue weighted by molar-refractivity contribution is 5.85. The highest BCUT2D eigenvalue weighted by Gasteiger charge is 2.26. The van der Waals surface area contributed by atoms with E-state index in [2.05, 4.69) is 28.2 Å². The Kier molecular flexibility index (Phi) is 4.34. The molecule has 1 atom stereocenters. The molecule has 5 heteroatoms. The Balaban J connectivity index is 1.55. The van der Waals surface area contributed by atoms with Crippen molar-refractivity contribution >= 4 is 10.8 Å². The lowest BCUT2D eigenvalue weighted by molar-refractivity contribution is 0.0436. The second kappa shape index (κ2) is 6.78. The number of aromatic nitrogens is 2. The van der Waals surface area contributed by atoms with E-state index in [1.165, 1.54) is 16.3 Å². The van der Waals surface area contributed by atoms with Crippen LogP contribution in [-0.2, 0) is 6.42 Å². The molecule has 1 aliphatic heterocycles. The van der Waals surface area contributed by atoms with Gasteiger partial charge in [0.25, 0.3) is 5.56 Å². The minimum atomic E-state index is -0.133. The van der Waals surface area contributed by atoms with Crippen molar-refractivity contribution in [3.05, 3.63) is 70.6 Å². The van der Waals surface area contributed by atoms with Crippen LogP contribution in [0.4, 0.5) is 0 Å². The number of aliphatic hydroxyl groups is 1. The summed E-state index contributed by atoms with van der Waals surface area (Å²) in [5, 5.41) is 15.6. The van der Waals surface area contributed by atoms with Gasteiger partial charge in [-0.15, -0.1) is 0 Å². The van der Waals surface area contributed by atoms with E-state index in [0.717, 1.165) is 42.4 Å². The first-order chi connectivity index (χ1) is 12.2. The smallest absolute Gasteiger partial charge is 0.271 e. The molecular weight excluding hydrogens is 314 g/mol. The third-order valence-electron chi connectivity index (χ3n) is 5.01. The topological polar surface area (TPSA) is 58.4 Å². The molecule has 2 aromatic carbocycles. The maximum atomic E-state index is 11.9. The fourth-order valence-corrected chi connectivity index (χ4v) is 3.39. The normalized spacial score (nSPS) is 17.6. The van der Waals surface area contributed by atoms with E-state index in [0.29, 0.717) is 6.04 Å². The predicted molar refractivity (Wildman–Crippen MR) is 98.1 cm³/mol. The highest BCUT2D eigenvalue weighted by atomic mass is 16.3. The molecule has 25 heavy (non-hydrogen) atoms. The Hall–Kier alpha value is -2.50. The van der Waals surface area contributed by atoms with E-state index in [9.17, 15) is 9.90 Å². The number of hydrogen-bond donors (Lipinski definition) is 1. The molecule has 128 valence electrons. The van der Waals surface area contributed by atoms with Crippen molar-refractivity contribution in [3.63, 3.8) is 0 Å².